The normalized spacial score (nSPS) is 13.9. The first-order valence-corrected chi connectivity index (χ1v) is 12.0. The zero-order valence-corrected chi connectivity index (χ0v) is 19.0. The molecule has 1 fully saturated rings. The topological polar surface area (TPSA) is 88.5 Å². The zero-order valence-electron chi connectivity index (χ0n) is 18.2. The summed E-state index contributed by atoms with van der Waals surface area (Å²) in [5.74, 6) is -0.241. The molecule has 2 N–H and O–H groups in total. The molecular weight excluding hydrogens is 436 g/mol. The molecule has 0 aliphatic heterocycles. The van der Waals surface area contributed by atoms with Crippen LogP contribution in [0.1, 0.15) is 48.0 Å². The van der Waals surface area contributed by atoms with Crippen LogP contribution in [-0.4, -0.2) is 27.2 Å². The molecule has 33 heavy (non-hydrogen) atoms. The number of aromatic carboxylic acids is 1. The Hall–Kier alpha value is -3.32. The maximum atomic E-state index is 12.3. The van der Waals surface area contributed by atoms with E-state index in [2.05, 4.69) is 22.4 Å². The average molecular weight is 463 g/mol. The number of carboxylic acid groups (broad SMARTS) is 1. The SMILES string of the molecule is O=C(Cc1ccc(Oc2ccc(SC3CCCCC3)cc2)nc1)Nc1ccccc1C(=O)O. The summed E-state index contributed by atoms with van der Waals surface area (Å²) < 4.78 is 5.83. The van der Waals surface area contributed by atoms with Crippen molar-refractivity contribution in [2.45, 2.75) is 48.7 Å². The third-order valence-corrected chi connectivity index (χ3v) is 6.84. The fourth-order valence-electron chi connectivity index (χ4n) is 3.82. The van der Waals surface area contributed by atoms with E-state index < -0.39 is 5.97 Å². The number of aromatic nitrogens is 1. The molecule has 0 saturated heterocycles. The molecule has 2 aromatic carbocycles. The van der Waals surface area contributed by atoms with Crippen molar-refractivity contribution in [1.29, 1.82) is 0 Å². The highest BCUT2D eigenvalue weighted by Gasteiger charge is 2.15. The van der Waals surface area contributed by atoms with Gasteiger partial charge in [0.15, 0.2) is 0 Å². The van der Waals surface area contributed by atoms with Crippen LogP contribution in [0.2, 0.25) is 0 Å². The van der Waals surface area contributed by atoms with Crippen molar-refractivity contribution in [2.24, 2.45) is 0 Å². The minimum Gasteiger partial charge on any atom is -0.478 e. The number of amides is 1. The molecule has 0 atom stereocenters. The molecule has 1 saturated carbocycles. The molecule has 0 spiro atoms. The van der Waals surface area contributed by atoms with Crippen molar-refractivity contribution in [3.63, 3.8) is 0 Å². The summed E-state index contributed by atoms with van der Waals surface area (Å²) in [6.07, 6.45) is 8.28. The number of carboxylic acids is 1. The van der Waals surface area contributed by atoms with Crippen LogP contribution in [0.5, 0.6) is 11.6 Å². The third-order valence-electron chi connectivity index (χ3n) is 5.49. The predicted octanol–water partition coefficient (Wildman–Crippen LogP) is 6.18. The van der Waals surface area contributed by atoms with E-state index >= 15 is 0 Å². The second-order valence-corrected chi connectivity index (χ2v) is 9.41. The highest BCUT2D eigenvalue weighted by molar-refractivity contribution is 8.00. The van der Waals surface area contributed by atoms with Crippen LogP contribution in [0.25, 0.3) is 0 Å². The van der Waals surface area contributed by atoms with Gasteiger partial charge in [0.1, 0.15) is 5.75 Å². The zero-order chi connectivity index (χ0) is 23.0. The fraction of sp³-hybridized carbons (Fsp3) is 0.269. The van der Waals surface area contributed by atoms with Crippen LogP contribution in [0.3, 0.4) is 0 Å². The summed E-state index contributed by atoms with van der Waals surface area (Å²) in [5.41, 5.74) is 1.02. The number of hydrogen-bond donors (Lipinski definition) is 2. The molecule has 170 valence electrons. The van der Waals surface area contributed by atoms with Crippen LogP contribution in [0.15, 0.2) is 71.8 Å². The monoisotopic (exact) mass is 462 g/mol. The number of thioether (sulfide) groups is 1. The van der Waals surface area contributed by atoms with E-state index in [1.165, 1.54) is 43.1 Å². The smallest absolute Gasteiger partial charge is 0.337 e. The summed E-state index contributed by atoms with van der Waals surface area (Å²) in [5, 5.41) is 12.6. The van der Waals surface area contributed by atoms with E-state index in [0.29, 0.717) is 17.2 Å². The number of para-hydroxylation sites is 1. The lowest BCUT2D eigenvalue weighted by Crippen LogP contribution is -2.16. The first-order chi connectivity index (χ1) is 16.1. The number of ether oxygens (including phenoxy) is 1. The Morgan fingerprint density at radius 1 is 1.00 bits per heavy atom. The Morgan fingerprint density at radius 3 is 2.45 bits per heavy atom. The Bertz CT molecular complexity index is 1090. The van der Waals surface area contributed by atoms with Crippen LogP contribution in [-0.2, 0) is 11.2 Å². The van der Waals surface area contributed by atoms with Gasteiger partial charge in [-0.3, -0.25) is 4.79 Å². The molecule has 3 aromatic rings. The Labute approximate surface area is 197 Å². The van der Waals surface area contributed by atoms with Gasteiger partial charge in [0.2, 0.25) is 11.8 Å². The highest BCUT2D eigenvalue weighted by atomic mass is 32.2. The standard InChI is InChI=1S/C26H26N2O4S/c29-24(28-23-9-5-4-8-22(23)26(30)31)16-18-10-15-25(27-17-18)32-19-11-13-21(14-12-19)33-20-6-2-1-3-7-20/h4-5,8-15,17,20H,1-3,6-7,16H2,(H,28,29)(H,30,31). The van der Waals surface area contributed by atoms with Crippen molar-refractivity contribution in [2.75, 3.05) is 5.32 Å². The maximum absolute atomic E-state index is 12.3. The van der Waals surface area contributed by atoms with Gasteiger partial charge in [-0.2, -0.15) is 0 Å². The Balaban J connectivity index is 1.30. The number of hydrogen-bond acceptors (Lipinski definition) is 5. The molecule has 1 amide bonds. The summed E-state index contributed by atoms with van der Waals surface area (Å²) >= 11 is 1.95. The Kier molecular flexibility index (Phi) is 7.62. The largest absolute Gasteiger partial charge is 0.478 e. The molecule has 0 unspecified atom stereocenters. The van der Waals surface area contributed by atoms with Crippen LogP contribution < -0.4 is 10.1 Å². The lowest BCUT2D eigenvalue weighted by molar-refractivity contribution is -0.115. The van der Waals surface area contributed by atoms with Gasteiger partial charge in [0.25, 0.3) is 0 Å². The minimum absolute atomic E-state index is 0.0517. The summed E-state index contributed by atoms with van der Waals surface area (Å²) in [6, 6.07) is 17.9. The summed E-state index contributed by atoms with van der Waals surface area (Å²) in [7, 11) is 0. The lowest BCUT2D eigenvalue weighted by atomic mass is 10.0. The van der Waals surface area contributed by atoms with E-state index in [-0.39, 0.29) is 23.6 Å². The highest BCUT2D eigenvalue weighted by Crippen LogP contribution is 2.34. The van der Waals surface area contributed by atoms with Gasteiger partial charge in [-0.1, -0.05) is 37.5 Å². The number of nitrogens with zero attached hydrogens (tertiary/aromatic N) is 1. The first kappa shape index (κ1) is 22.9. The van der Waals surface area contributed by atoms with E-state index in [1.54, 1.807) is 36.5 Å². The van der Waals surface area contributed by atoms with E-state index in [1.807, 2.05) is 23.9 Å². The van der Waals surface area contributed by atoms with Crippen molar-refractivity contribution in [3.05, 3.63) is 78.0 Å². The Morgan fingerprint density at radius 2 is 1.76 bits per heavy atom. The van der Waals surface area contributed by atoms with E-state index in [0.717, 1.165) is 5.25 Å². The quantitative estimate of drug-likeness (QED) is 0.416. The number of rotatable bonds is 8. The molecule has 4 rings (SSSR count). The van der Waals surface area contributed by atoms with Crippen molar-refractivity contribution >= 4 is 29.3 Å². The number of benzene rings is 2. The van der Waals surface area contributed by atoms with E-state index in [4.69, 9.17) is 4.74 Å². The molecule has 7 heteroatoms. The van der Waals surface area contributed by atoms with Gasteiger partial charge < -0.3 is 15.2 Å². The van der Waals surface area contributed by atoms with Crippen molar-refractivity contribution in [3.8, 4) is 11.6 Å². The molecule has 1 aromatic heterocycles. The molecule has 1 aliphatic carbocycles. The van der Waals surface area contributed by atoms with Gasteiger partial charge >= 0.3 is 5.97 Å². The number of pyridine rings is 1. The van der Waals surface area contributed by atoms with Crippen LogP contribution in [0.4, 0.5) is 5.69 Å². The van der Waals surface area contributed by atoms with Gasteiger partial charge in [-0.15, -0.1) is 11.8 Å². The molecule has 1 heterocycles. The van der Waals surface area contributed by atoms with Crippen LogP contribution in [0, 0.1) is 0 Å². The minimum atomic E-state index is -1.09. The number of nitrogens with one attached hydrogen (secondary N) is 1. The second-order valence-electron chi connectivity index (χ2n) is 8.03. The second kappa shape index (κ2) is 11.0. The molecular formula is C26H26N2O4S. The summed E-state index contributed by atoms with van der Waals surface area (Å²) in [6.45, 7) is 0. The van der Waals surface area contributed by atoms with Crippen molar-refractivity contribution < 1.29 is 19.4 Å². The summed E-state index contributed by atoms with van der Waals surface area (Å²) in [4.78, 5) is 29.2. The number of anilines is 1. The van der Waals surface area contributed by atoms with Gasteiger partial charge in [-0.25, -0.2) is 9.78 Å². The average Bonchev–Trinajstić information content (AvgIpc) is 2.82. The van der Waals surface area contributed by atoms with Crippen LogP contribution >= 0.6 is 11.8 Å². The third kappa shape index (κ3) is 6.58. The first-order valence-electron chi connectivity index (χ1n) is 11.1. The lowest BCUT2D eigenvalue weighted by Gasteiger charge is -2.20. The van der Waals surface area contributed by atoms with Crippen molar-refractivity contribution in [1.82, 2.24) is 4.98 Å². The predicted molar refractivity (Wildman–Crippen MR) is 129 cm³/mol. The molecule has 0 bridgehead atoms. The fourth-order valence-corrected chi connectivity index (χ4v) is 5.06. The molecule has 1 aliphatic rings. The molecule has 6 nitrogen and oxygen atoms in total. The van der Waals surface area contributed by atoms with Gasteiger partial charge in [-0.05, 0) is 54.8 Å². The number of carbonyl (C=O) groups is 2. The van der Waals surface area contributed by atoms with Gasteiger partial charge in [0.05, 0.1) is 17.7 Å². The van der Waals surface area contributed by atoms with Gasteiger partial charge in [0, 0.05) is 22.4 Å². The number of carbonyl (C=O) groups excluding carboxylic acids is 1. The molecule has 0 radical (unpaired) electrons. The maximum Gasteiger partial charge on any atom is 0.337 e. The van der Waals surface area contributed by atoms with E-state index in [9.17, 15) is 14.7 Å².